The topological polar surface area (TPSA) is 33.7 Å². The zero-order valence-electron chi connectivity index (χ0n) is 15.4. The molecule has 1 fully saturated rings. The van der Waals surface area contributed by atoms with Gasteiger partial charge in [-0.25, -0.2) is 0 Å². The average Bonchev–Trinajstić information content (AvgIpc) is 2.69. The number of halogens is 2. The first-order chi connectivity index (χ1) is 13.2. The van der Waals surface area contributed by atoms with Gasteiger partial charge in [-0.2, -0.15) is 0 Å². The zero-order chi connectivity index (χ0) is 18.9. The summed E-state index contributed by atoms with van der Waals surface area (Å²) in [6.07, 6.45) is 1.12. The standard InChI is InChI=1S/C21H26Cl2N2O2/c22-19-6-3-7-20(23)18(19)16-27-21-8-2-1-5-17(21)15-24-9-4-10-25-11-13-26-14-12-25/h1-3,5-8,24H,4,9-16H2. The van der Waals surface area contributed by atoms with Gasteiger partial charge in [0.25, 0.3) is 0 Å². The second-order valence-electron chi connectivity index (χ2n) is 6.58. The van der Waals surface area contributed by atoms with E-state index in [0.717, 1.165) is 69.2 Å². The van der Waals surface area contributed by atoms with Crippen molar-refractivity contribution >= 4 is 23.2 Å². The van der Waals surface area contributed by atoms with E-state index in [1.165, 1.54) is 0 Å². The second kappa shape index (κ2) is 10.9. The van der Waals surface area contributed by atoms with Crippen molar-refractivity contribution in [3.05, 3.63) is 63.6 Å². The van der Waals surface area contributed by atoms with Gasteiger partial charge in [-0.1, -0.05) is 47.5 Å². The van der Waals surface area contributed by atoms with Crippen molar-refractivity contribution < 1.29 is 9.47 Å². The third kappa shape index (κ3) is 6.37. The monoisotopic (exact) mass is 408 g/mol. The molecule has 0 amide bonds. The first-order valence-electron chi connectivity index (χ1n) is 9.38. The quantitative estimate of drug-likeness (QED) is 0.623. The molecule has 1 saturated heterocycles. The lowest BCUT2D eigenvalue weighted by Crippen LogP contribution is -2.37. The SMILES string of the molecule is Clc1cccc(Cl)c1COc1ccccc1CNCCCN1CCOCC1. The van der Waals surface area contributed by atoms with Crippen molar-refractivity contribution in [1.82, 2.24) is 10.2 Å². The van der Waals surface area contributed by atoms with Crippen LogP contribution in [0.4, 0.5) is 0 Å². The van der Waals surface area contributed by atoms with Crippen molar-refractivity contribution in [1.29, 1.82) is 0 Å². The van der Waals surface area contributed by atoms with Crippen LogP contribution in [0, 0.1) is 0 Å². The Hall–Kier alpha value is -1.30. The van der Waals surface area contributed by atoms with E-state index in [-0.39, 0.29) is 0 Å². The van der Waals surface area contributed by atoms with Crippen molar-refractivity contribution in [2.45, 2.75) is 19.6 Å². The fourth-order valence-corrected chi connectivity index (χ4v) is 3.59. The summed E-state index contributed by atoms with van der Waals surface area (Å²) >= 11 is 12.5. The van der Waals surface area contributed by atoms with Gasteiger partial charge in [0, 0.05) is 40.8 Å². The normalized spacial score (nSPS) is 15.0. The Balaban J connectivity index is 1.46. The maximum atomic E-state index is 6.23. The van der Waals surface area contributed by atoms with E-state index in [4.69, 9.17) is 32.7 Å². The molecule has 0 radical (unpaired) electrons. The summed E-state index contributed by atoms with van der Waals surface area (Å²) in [5.74, 6) is 0.856. The van der Waals surface area contributed by atoms with Crippen LogP contribution < -0.4 is 10.1 Å². The number of hydrogen-bond acceptors (Lipinski definition) is 4. The molecule has 146 valence electrons. The van der Waals surface area contributed by atoms with E-state index in [9.17, 15) is 0 Å². The third-order valence-corrected chi connectivity index (χ3v) is 5.36. The second-order valence-corrected chi connectivity index (χ2v) is 7.40. The Morgan fingerprint density at radius 1 is 1.00 bits per heavy atom. The number of para-hydroxylation sites is 1. The molecule has 0 aliphatic carbocycles. The molecule has 0 spiro atoms. The van der Waals surface area contributed by atoms with E-state index in [1.54, 1.807) is 0 Å². The van der Waals surface area contributed by atoms with E-state index in [1.807, 2.05) is 36.4 Å². The molecular formula is C21H26Cl2N2O2. The Bertz CT molecular complexity index is 701. The number of ether oxygens (including phenoxy) is 2. The van der Waals surface area contributed by atoms with Gasteiger partial charge in [0.2, 0.25) is 0 Å². The molecule has 0 saturated carbocycles. The van der Waals surface area contributed by atoms with Crippen molar-refractivity contribution in [2.24, 2.45) is 0 Å². The Morgan fingerprint density at radius 3 is 2.52 bits per heavy atom. The third-order valence-electron chi connectivity index (χ3n) is 4.65. The molecule has 0 atom stereocenters. The van der Waals surface area contributed by atoms with Gasteiger partial charge in [0.05, 0.1) is 13.2 Å². The Morgan fingerprint density at radius 2 is 1.74 bits per heavy atom. The fourth-order valence-electron chi connectivity index (χ4n) is 3.09. The highest BCUT2D eigenvalue weighted by atomic mass is 35.5. The summed E-state index contributed by atoms with van der Waals surface area (Å²) in [7, 11) is 0. The minimum Gasteiger partial charge on any atom is -0.488 e. The van der Waals surface area contributed by atoms with Crippen LogP contribution in [0.2, 0.25) is 10.0 Å². The number of rotatable bonds is 9. The summed E-state index contributed by atoms with van der Waals surface area (Å²) in [6.45, 7) is 7.01. The van der Waals surface area contributed by atoms with Crippen LogP contribution in [0.15, 0.2) is 42.5 Å². The Labute approximate surface area is 171 Å². The minimum atomic E-state index is 0.354. The fraction of sp³-hybridized carbons (Fsp3) is 0.429. The molecule has 2 aromatic carbocycles. The predicted molar refractivity (Wildman–Crippen MR) is 111 cm³/mol. The first-order valence-corrected chi connectivity index (χ1v) is 10.1. The highest BCUT2D eigenvalue weighted by molar-refractivity contribution is 6.35. The molecule has 4 nitrogen and oxygen atoms in total. The van der Waals surface area contributed by atoms with Crippen LogP contribution in [0.25, 0.3) is 0 Å². The molecule has 0 bridgehead atoms. The molecule has 6 heteroatoms. The molecule has 27 heavy (non-hydrogen) atoms. The minimum absolute atomic E-state index is 0.354. The lowest BCUT2D eigenvalue weighted by atomic mass is 10.2. The van der Waals surface area contributed by atoms with Crippen molar-refractivity contribution in [2.75, 3.05) is 39.4 Å². The van der Waals surface area contributed by atoms with Crippen LogP contribution >= 0.6 is 23.2 Å². The van der Waals surface area contributed by atoms with E-state index >= 15 is 0 Å². The summed E-state index contributed by atoms with van der Waals surface area (Å²) in [5.41, 5.74) is 1.95. The number of morpholine rings is 1. The molecule has 2 aromatic rings. The van der Waals surface area contributed by atoms with Gasteiger partial charge in [-0.3, -0.25) is 4.90 Å². The van der Waals surface area contributed by atoms with Crippen LogP contribution in [0.1, 0.15) is 17.5 Å². The van der Waals surface area contributed by atoms with Gasteiger partial charge in [0.1, 0.15) is 12.4 Å². The van der Waals surface area contributed by atoms with Crippen molar-refractivity contribution in [3.63, 3.8) is 0 Å². The van der Waals surface area contributed by atoms with Gasteiger partial charge < -0.3 is 14.8 Å². The summed E-state index contributed by atoms with van der Waals surface area (Å²) in [4.78, 5) is 2.45. The molecule has 0 unspecified atom stereocenters. The molecule has 1 aliphatic rings. The van der Waals surface area contributed by atoms with E-state index in [0.29, 0.717) is 16.7 Å². The number of hydrogen-bond donors (Lipinski definition) is 1. The average molecular weight is 409 g/mol. The lowest BCUT2D eigenvalue weighted by Gasteiger charge is -2.26. The van der Waals surface area contributed by atoms with Gasteiger partial charge in [-0.05, 0) is 37.7 Å². The van der Waals surface area contributed by atoms with Gasteiger partial charge >= 0.3 is 0 Å². The summed E-state index contributed by atoms with van der Waals surface area (Å²) < 4.78 is 11.4. The summed E-state index contributed by atoms with van der Waals surface area (Å²) in [6, 6.07) is 13.6. The lowest BCUT2D eigenvalue weighted by molar-refractivity contribution is 0.0374. The molecule has 1 N–H and O–H groups in total. The number of nitrogens with one attached hydrogen (secondary N) is 1. The molecular weight excluding hydrogens is 383 g/mol. The predicted octanol–water partition coefficient (Wildman–Crippen LogP) is 4.38. The number of nitrogens with zero attached hydrogens (tertiary/aromatic N) is 1. The van der Waals surface area contributed by atoms with Gasteiger partial charge in [0.15, 0.2) is 0 Å². The molecule has 1 heterocycles. The first kappa shape index (κ1) is 20.4. The molecule has 0 aromatic heterocycles. The van der Waals surface area contributed by atoms with Crippen LogP contribution in [0.3, 0.4) is 0 Å². The smallest absolute Gasteiger partial charge is 0.124 e. The molecule has 1 aliphatic heterocycles. The summed E-state index contributed by atoms with van der Waals surface area (Å²) in [5, 5.41) is 4.76. The maximum absolute atomic E-state index is 6.23. The van der Waals surface area contributed by atoms with E-state index in [2.05, 4.69) is 16.3 Å². The number of benzene rings is 2. The maximum Gasteiger partial charge on any atom is 0.124 e. The van der Waals surface area contributed by atoms with Crippen LogP contribution in [0.5, 0.6) is 5.75 Å². The van der Waals surface area contributed by atoms with E-state index < -0.39 is 0 Å². The zero-order valence-corrected chi connectivity index (χ0v) is 16.9. The van der Waals surface area contributed by atoms with Crippen LogP contribution in [-0.2, 0) is 17.9 Å². The van der Waals surface area contributed by atoms with Gasteiger partial charge in [-0.15, -0.1) is 0 Å². The van der Waals surface area contributed by atoms with Crippen molar-refractivity contribution in [3.8, 4) is 5.75 Å². The highest BCUT2D eigenvalue weighted by Gasteiger charge is 2.10. The van der Waals surface area contributed by atoms with Crippen LogP contribution in [-0.4, -0.2) is 44.3 Å². The molecule has 3 rings (SSSR count). The largest absolute Gasteiger partial charge is 0.488 e. The highest BCUT2D eigenvalue weighted by Crippen LogP contribution is 2.27. The Kier molecular flexibility index (Phi) is 8.24.